The summed E-state index contributed by atoms with van der Waals surface area (Å²) in [6.07, 6.45) is 3.93. The van der Waals surface area contributed by atoms with Gasteiger partial charge < -0.3 is 15.0 Å². The molecule has 4 aromatic heterocycles. The summed E-state index contributed by atoms with van der Waals surface area (Å²) in [5, 5.41) is 12.5. The molecule has 7 nitrogen and oxygen atoms in total. The van der Waals surface area contributed by atoms with Crippen molar-refractivity contribution in [3.8, 4) is 33.4 Å². The first-order valence-corrected chi connectivity index (χ1v) is 14.3. The van der Waals surface area contributed by atoms with Gasteiger partial charge in [0.15, 0.2) is 0 Å². The summed E-state index contributed by atoms with van der Waals surface area (Å²) in [5.41, 5.74) is 11.3. The summed E-state index contributed by atoms with van der Waals surface area (Å²) in [4.78, 5) is 27.9. The van der Waals surface area contributed by atoms with Crippen LogP contribution < -0.4 is 0 Å². The van der Waals surface area contributed by atoms with Crippen molar-refractivity contribution in [2.45, 2.75) is 0 Å². The Morgan fingerprint density at radius 1 is 0.500 bits per heavy atom. The topological polar surface area (TPSA) is 103 Å². The molecular formula is C37H25N5O2. The van der Waals surface area contributed by atoms with Gasteiger partial charge in [-0.3, -0.25) is 10.1 Å². The summed E-state index contributed by atoms with van der Waals surface area (Å²) >= 11 is 0. The van der Waals surface area contributed by atoms with Gasteiger partial charge in [-0.05, 0) is 53.1 Å². The second-order valence-corrected chi connectivity index (χ2v) is 10.7. The van der Waals surface area contributed by atoms with Crippen molar-refractivity contribution in [1.82, 2.24) is 19.9 Å². The highest BCUT2D eigenvalue weighted by Gasteiger charge is 2.22. The van der Waals surface area contributed by atoms with Gasteiger partial charge in [0.05, 0.1) is 27.3 Å². The first-order valence-electron chi connectivity index (χ1n) is 14.3. The maximum atomic E-state index is 12.5. The fraction of sp³-hybridized carbons (Fsp3) is 0. The molecule has 7 aromatic rings. The fourth-order valence-electron chi connectivity index (χ4n) is 6.08. The highest BCUT2D eigenvalue weighted by atomic mass is 16.6. The Bertz CT molecular complexity index is 2350. The number of hydrogen-bond acceptors (Lipinski definition) is 3. The fourth-order valence-corrected chi connectivity index (χ4v) is 6.08. The van der Waals surface area contributed by atoms with Crippen LogP contribution in [0.25, 0.3) is 78.6 Å². The molecule has 1 aliphatic heterocycles. The Morgan fingerprint density at radius 2 is 0.955 bits per heavy atom. The molecule has 7 heteroatoms. The van der Waals surface area contributed by atoms with Crippen molar-refractivity contribution >= 4 is 50.9 Å². The van der Waals surface area contributed by atoms with Crippen molar-refractivity contribution in [3.05, 3.63) is 143 Å². The molecule has 5 heterocycles. The Morgan fingerprint density at radius 3 is 1.52 bits per heavy atom. The molecule has 8 rings (SSSR count). The highest BCUT2D eigenvalue weighted by Crippen LogP contribution is 2.38. The molecular weight excluding hydrogens is 546 g/mol. The van der Waals surface area contributed by atoms with Crippen molar-refractivity contribution in [1.29, 1.82) is 0 Å². The van der Waals surface area contributed by atoms with E-state index in [0.717, 1.165) is 55.6 Å². The minimum Gasteiger partial charge on any atom is -0.354 e. The molecule has 0 radical (unpaired) electrons. The molecule has 3 aromatic carbocycles. The van der Waals surface area contributed by atoms with Gasteiger partial charge in [-0.1, -0.05) is 91.0 Å². The Kier molecular flexibility index (Phi) is 5.94. The summed E-state index contributed by atoms with van der Waals surface area (Å²) in [7, 11) is 0. The minimum atomic E-state index is -0.335. The van der Waals surface area contributed by atoms with Gasteiger partial charge in [0.25, 0.3) is 5.69 Å². The lowest BCUT2D eigenvalue weighted by atomic mass is 10.0. The average molecular weight is 572 g/mol. The number of nitrogens with one attached hydrogen (secondary N) is 3. The number of fused-ring (bicyclic) bond motifs is 9. The molecule has 0 atom stereocenters. The van der Waals surface area contributed by atoms with E-state index in [1.54, 1.807) is 6.07 Å². The van der Waals surface area contributed by atoms with Gasteiger partial charge in [0, 0.05) is 39.3 Å². The second-order valence-electron chi connectivity index (χ2n) is 10.7. The summed E-state index contributed by atoms with van der Waals surface area (Å²) in [6, 6.07) is 39.8. The number of nitro groups is 1. The van der Waals surface area contributed by atoms with Crippen LogP contribution in [-0.4, -0.2) is 24.9 Å². The van der Waals surface area contributed by atoms with Gasteiger partial charge >= 0.3 is 0 Å². The molecule has 0 unspecified atom stereocenters. The van der Waals surface area contributed by atoms with Crippen molar-refractivity contribution in [2.75, 3.05) is 0 Å². The van der Waals surface area contributed by atoms with E-state index in [2.05, 4.69) is 51.4 Å². The van der Waals surface area contributed by atoms with Crippen molar-refractivity contribution < 1.29 is 4.92 Å². The first-order chi connectivity index (χ1) is 21.6. The van der Waals surface area contributed by atoms with Crippen LogP contribution in [0.2, 0.25) is 0 Å². The smallest absolute Gasteiger partial charge is 0.295 e. The molecule has 0 fully saturated rings. The van der Waals surface area contributed by atoms with Crippen LogP contribution in [-0.2, 0) is 0 Å². The molecule has 8 bridgehead atoms. The summed E-state index contributed by atoms with van der Waals surface area (Å²) in [5.74, 6) is 0. The number of aromatic amines is 3. The first kappa shape index (κ1) is 25.5. The van der Waals surface area contributed by atoms with Crippen LogP contribution >= 0.6 is 0 Å². The second kappa shape index (κ2) is 10.3. The van der Waals surface area contributed by atoms with Gasteiger partial charge in [-0.2, -0.15) is 0 Å². The van der Waals surface area contributed by atoms with Crippen LogP contribution in [0.3, 0.4) is 0 Å². The number of hydrogen-bond donors (Lipinski definition) is 3. The maximum absolute atomic E-state index is 12.5. The zero-order valence-corrected chi connectivity index (χ0v) is 23.4. The van der Waals surface area contributed by atoms with Crippen LogP contribution in [0, 0.1) is 10.1 Å². The maximum Gasteiger partial charge on any atom is 0.295 e. The van der Waals surface area contributed by atoms with Crippen molar-refractivity contribution in [2.24, 2.45) is 0 Å². The molecule has 3 N–H and O–H groups in total. The lowest BCUT2D eigenvalue weighted by Crippen LogP contribution is -1.91. The SMILES string of the molecule is O=[N+]([O-])c1cc2[nH]c1c(-c1ccccc1)c1nc(c(-c3ccccc3)c3ccc([nH]3)c(-c3ccccc3)c3ccc2[nH]3)C=C1. The van der Waals surface area contributed by atoms with E-state index in [4.69, 9.17) is 4.98 Å². The Hall–Kier alpha value is -6.21. The standard InChI is InChI=1S/C37H25N5O2/c43-42(44)33-22-32-26-16-17-27(38-26)34(23-10-4-1-5-11-23)28-18-19-29(39-28)35(24-12-6-2-7-13-24)30-20-21-31(40-30)36(37(33)41-32)25-14-8-3-9-15-25/h1-22,38-39,41H. The number of nitrogens with zero attached hydrogens (tertiary/aromatic N) is 2. The largest absolute Gasteiger partial charge is 0.354 e. The van der Waals surface area contributed by atoms with Crippen molar-refractivity contribution in [3.63, 3.8) is 0 Å². The lowest BCUT2D eigenvalue weighted by molar-refractivity contribution is -0.382. The molecule has 1 aliphatic rings. The van der Waals surface area contributed by atoms with Crippen LogP contribution in [0.5, 0.6) is 0 Å². The predicted octanol–water partition coefficient (Wildman–Crippen LogP) is 9.61. The third-order valence-electron chi connectivity index (χ3n) is 8.05. The summed E-state index contributed by atoms with van der Waals surface area (Å²) < 4.78 is 0. The molecule has 0 saturated carbocycles. The number of rotatable bonds is 4. The Balaban J connectivity index is 1.61. The van der Waals surface area contributed by atoms with E-state index in [1.165, 1.54) is 0 Å². The van der Waals surface area contributed by atoms with Crippen LogP contribution in [0.4, 0.5) is 5.69 Å². The minimum absolute atomic E-state index is 0.0154. The molecule has 0 saturated heterocycles. The average Bonchev–Trinajstić information content (AvgIpc) is 3.88. The van der Waals surface area contributed by atoms with E-state index in [1.807, 2.05) is 91.0 Å². The van der Waals surface area contributed by atoms with Gasteiger partial charge in [0.2, 0.25) is 0 Å². The molecule has 44 heavy (non-hydrogen) atoms. The van der Waals surface area contributed by atoms with E-state index < -0.39 is 0 Å². The van der Waals surface area contributed by atoms with Crippen LogP contribution in [0.1, 0.15) is 11.4 Å². The summed E-state index contributed by atoms with van der Waals surface area (Å²) in [6.45, 7) is 0. The third-order valence-corrected chi connectivity index (χ3v) is 8.05. The quantitative estimate of drug-likeness (QED) is 0.145. The number of aromatic nitrogens is 4. The predicted molar refractivity (Wildman–Crippen MR) is 178 cm³/mol. The number of benzene rings is 3. The molecule has 210 valence electrons. The van der Waals surface area contributed by atoms with Gasteiger partial charge in [-0.25, -0.2) is 4.98 Å². The molecule has 0 aliphatic carbocycles. The number of H-pyrrole nitrogens is 3. The third kappa shape index (κ3) is 4.26. The Labute approximate surface area is 251 Å². The normalized spacial score (nSPS) is 11.7. The molecule has 0 amide bonds. The van der Waals surface area contributed by atoms with E-state index in [-0.39, 0.29) is 10.6 Å². The van der Waals surface area contributed by atoms with Crippen LogP contribution in [0.15, 0.2) is 121 Å². The van der Waals surface area contributed by atoms with Gasteiger partial charge in [-0.15, -0.1) is 0 Å². The zero-order chi connectivity index (χ0) is 29.6. The molecule has 0 spiro atoms. The highest BCUT2D eigenvalue weighted by molar-refractivity contribution is 6.01. The lowest BCUT2D eigenvalue weighted by Gasteiger charge is -2.05. The van der Waals surface area contributed by atoms with Gasteiger partial charge in [0.1, 0.15) is 5.52 Å². The van der Waals surface area contributed by atoms with E-state index >= 15 is 0 Å². The zero-order valence-electron chi connectivity index (χ0n) is 23.4. The van der Waals surface area contributed by atoms with E-state index in [9.17, 15) is 10.1 Å². The monoisotopic (exact) mass is 571 g/mol. The van der Waals surface area contributed by atoms with E-state index in [0.29, 0.717) is 22.3 Å².